The maximum absolute atomic E-state index is 12.6. The van der Waals surface area contributed by atoms with Gasteiger partial charge in [-0.25, -0.2) is 13.2 Å². The Labute approximate surface area is 116 Å². The third-order valence-corrected chi connectivity index (χ3v) is 5.13. The lowest BCUT2D eigenvalue weighted by atomic mass is 10.4. The SMILES string of the molecule is Cc1[nH]nc(C(=O)O)c1S(=O)(=O)N1CCCOC(C)C1. The summed E-state index contributed by atoms with van der Waals surface area (Å²) in [5, 5.41) is 15.0. The maximum Gasteiger partial charge on any atom is 0.357 e. The molecule has 2 N–H and O–H groups in total. The Kier molecular flexibility index (Phi) is 4.11. The fourth-order valence-corrected chi connectivity index (χ4v) is 4.03. The van der Waals surface area contributed by atoms with Crippen LogP contribution in [-0.4, -0.2) is 59.8 Å². The number of carbonyl (C=O) groups is 1. The highest BCUT2D eigenvalue weighted by atomic mass is 32.2. The summed E-state index contributed by atoms with van der Waals surface area (Å²) in [6.07, 6.45) is 0.343. The molecule has 0 bridgehead atoms. The highest BCUT2D eigenvalue weighted by Gasteiger charge is 2.34. The monoisotopic (exact) mass is 303 g/mol. The molecule has 1 aromatic heterocycles. The summed E-state index contributed by atoms with van der Waals surface area (Å²) in [4.78, 5) is 10.8. The van der Waals surface area contributed by atoms with Gasteiger partial charge in [-0.1, -0.05) is 0 Å². The van der Waals surface area contributed by atoms with Gasteiger partial charge in [-0.15, -0.1) is 0 Å². The van der Waals surface area contributed by atoms with Crippen LogP contribution in [0.4, 0.5) is 0 Å². The normalized spacial score (nSPS) is 21.6. The van der Waals surface area contributed by atoms with Crippen LogP contribution >= 0.6 is 0 Å². The summed E-state index contributed by atoms with van der Waals surface area (Å²) in [5.74, 6) is -1.37. The van der Waals surface area contributed by atoms with Gasteiger partial charge in [-0.3, -0.25) is 5.10 Å². The van der Waals surface area contributed by atoms with E-state index in [9.17, 15) is 13.2 Å². The first-order valence-electron chi connectivity index (χ1n) is 6.24. The standard InChI is InChI=1S/C11H17N3O5S/c1-7-6-14(4-3-5-19-7)20(17,18)10-8(2)12-13-9(10)11(15)16/h7H,3-6H2,1-2H3,(H,12,13)(H,15,16). The Morgan fingerprint density at radius 3 is 2.90 bits per heavy atom. The molecule has 0 aliphatic carbocycles. The van der Waals surface area contributed by atoms with E-state index in [0.29, 0.717) is 19.6 Å². The minimum absolute atomic E-state index is 0.200. The molecule has 0 radical (unpaired) electrons. The smallest absolute Gasteiger partial charge is 0.357 e. The Morgan fingerprint density at radius 1 is 1.55 bits per heavy atom. The van der Waals surface area contributed by atoms with Gasteiger partial charge < -0.3 is 9.84 Å². The zero-order valence-corrected chi connectivity index (χ0v) is 12.1. The minimum Gasteiger partial charge on any atom is -0.476 e. The molecule has 0 saturated carbocycles. The number of aromatic carboxylic acids is 1. The number of sulfonamides is 1. The quantitative estimate of drug-likeness (QED) is 0.825. The molecular formula is C11H17N3O5S. The number of carboxylic acids is 1. The lowest BCUT2D eigenvalue weighted by Gasteiger charge is -2.21. The predicted octanol–water partition coefficient (Wildman–Crippen LogP) is 0.216. The number of aromatic nitrogens is 2. The summed E-state index contributed by atoms with van der Waals surface area (Å²) < 4.78 is 31.9. The van der Waals surface area contributed by atoms with Gasteiger partial charge in [0.25, 0.3) is 0 Å². The summed E-state index contributed by atoms with van der Waals surface area (Å²) in [6, 6.07) is 0. The molecule has 1 unspecified atom stereocenters. The molecule has 1 saturated heterocycles. The molecule has 1 aliphatic rings. The van der Waals surface area contributed by atoms with E-state index < -0.39 is 21.7 Å². The van der Waals surface area contributed by atoms with Gasteiger partial charge in [-0.2, -0.15) is 9.40 Å². The fourth-order valence-electron chi connectivity index (χ4n) is 2.18. The highest BCUT2D eigenvalue weighted by molar-refractivity contribution is 7.89. The van der Waals surface area contributed by atoms with Gasteiger partial charge in [0.2, 0.25) is 10.0 Å². The molecule has 1 fully saturated rings. The third-order valence-electron chi connectivity index (χ3n) is 3.11. The minimum atomic E-state index is -3.90. The molecule has 0 aromatic carbocycles. The van der Waals surface area contributed by atoms with Crippen molar-refractivity contribution in [3.05, 3.63) is 11.4 Å². The Balaban J connectivity index is 2.44. The number of nitrogens with zero attached hydrogens (tertiary/aromatic N) is 2. The predicted molar refractivity (Wildman–Crippen MR) is 69.1 cm³/mol. The van der Waals surface area contributed by atoms with Crippen LogP contribution in [-0.2, 0) is 14.8 Å². The van der Waals surface area contributed by atoms with E-state index in [1.165, 1.54) is 11.2 Å². The third kappa shape index (κ3) is 2.69. The molecule has 0 spiro atoms. The summed E-state index contributed by atoms with van der Waals surface area (Å²) in [6.45, 7) is 4.27. The van der Waals surface area contributed by atoms with E-state index in [-0.39, 0.29) is 23.2 Å². The molecule has 1 aliphatic heterocycles. The fraction of sp³-hybridized carbons (Fsp3) is 0.636. The summed E-state index contributed by atoms with van der Waals surface area (Å²) >= 11 is 0. The van der Waals surface area contributed by atoms with Crippen molar-refractivity contribution >= 4 is 16.0 Å². The van der Waals surface area contributed by atoms with Crippen molar-refractivity contribution in [3.8, 4) is 0 Å². The van der Waals surface area contributed by atoms with Crippen LogP contribution in [0.15, 0.2) is 4.90 Å². The molecule has 8 nitrogen and oxygen atoms in total. The second-order valence-electron chi connectivity index (χ2n) is 4.73. The molecule has 1 atom stereocenters. The van der Waals surface area contributed by atoms with E-state index in [0.717, 1.165) is 0 Å². The molecule has 2 heterocycles. The maximum atomic E-state index is 12.6. The van der Waals surface area contributed by atoms with Crippen LogP contribution in [0.25, 0.3) is 0 Å². The molecule has 9 heteroatoms. The average molecular weight is 303 g/mol. The van der Waals surface area contributed by atoms with Gasteiger partial charge in [0.1, 0.15) is 4.90 Å². The van der Waals surface area contributed by atoms with E-state index in [1.54, 1.807) is 6.92 Å². The first-order valence-corrected chi connectivity index (χ1v) is 7.68. The zero-order valence-electron chi connectivity index (χ0n) is 11.3. The number of hydrogen-bond donors (Lipinski definition) is 2. The molecule has 2 rings (SSSR count). The van der Waals surface area contributed by atoms with Crippen LogP contribution in [0, 0.1) is 6.92 Å². The summed E-state index contributed by atoms with van der Waals surface area (Å²) in [5.41, 5.74) is -0.250. The zero-order chi connectivity index (χ0) is 14.9. The van der Waals surface area contributed by atoms with Gasteiger partial charge in [-0.05, 0) is 20.3 Å². The average Bonchev–Trinajstić information content (AvgIpc) is 2.61. The van der Waals surface area contributed by atoms with Gasteiger partial charge >= 0.3 is 5.97 Å². The van der Waals surface area contributed by atoms with Crippen LogP contribution in [0.5, 0.6) is 0 Å². The number of nitrogens with one attached hydrogen (secondary N) is 1. The van der Waals surface area contributed by atoms with E-state index in [4.69, 9.17) is 9.84 Å². The number of carboxylic acid groups (broad SMARTS) is 1. The van der Waals surface area contributed by atoms with Gasteiger partial charge in [0.15, 0.2) is 5.69 Å². The van der Waals surface area contributed by atoms with Crippen LogP contribution in [0.1, 0.15) is 29.5 Å². The Hall–Kier alpha value is -1.45. The van der Waals surface area contributed by atoms with Crippen molar-refractivity contribution in [1.29, 1.82) is 0 Å². The van der Waals surface area contributed by atoms with E-state index in [1.807, 2.05) is 0 Å². The number of rotatable bonds is 3. The number of hydrogen-bond acceptors (Lipinski definition) is 5. The lowest BCUT2D eigenvalue weighted by molar-refractivity contribution is 0.0686. The van der Waals surface area contributed by atoms with Crippen molar-refractivity contribution < 1.29 is 23.1 Å². The topological polar surface area (TPSA) is 113 Å². The molecular weight excluding hydrogens is 286 g/mol. The Bertz CT molecular complexity index is 610. The van der Waals surface area contributed by atoms with Crippen LogP contribution < -0.4 is 0 Å². The molecule has 20 heavy (non-hydrogen) atoms. The van der Waals surface area contributed by atoms with Crippen LogP contribution in [0.2, 0.25) is 0 Å². The Morgan fingerprint density at radius 2 is 2.25 bits per heavy atom. The van der Waals surface area contributed by atoms with Crippen molar-refractivity contribution in [1.82, 2.24) is 14.5 Å². The number of H-pyrrole nitrogens is 1. The number of aryl methyl sites for hydroxylation is 1. The highest BCUT2D eigenvalue weighted by Crippen LogP contribution is 2.24. The van der Waals surface area contributed by atoms with Crippen molar-refractivity contribution in [3.63, 3.8) is 0 Å². The van der Waals surface area contributed by atoms with E-state index >= 15 is 0 Å². The lowest BCUT2D eigenvalue weighted by Crippen LogP contribution is -2.36. The second-order valence-corrected chi connectivity index (χ2v) is 6.60. The number of ether oxygens (including phenoxy) is 1. The first kappa shape index (κ1) is 14.9. The van der Waals surface area contributed by atoms with Gasteiger partial charge in [0, 0.05) is 19.7 Å². The van der Waals surface area contributed by atoms with Crippen molar-refractivity contribution in [2.24, 2.45) is 0 Å². The van der Waals surface area contributed by atoms with E-state index in [2.05, 4.69) is 10.2 Å². The molecule has 112 valence electrons. The largest absolute Gasteiger partial charge is 0.476 e. The second kappa shape index (κ2) is 5.51. The van der Waals surface area contributed by atoms with Crippen LogP contribution in [0.3, 0.4) is 0 Å². The molecule has 1 aromatic rings. The van der Waals surface area contributed by atoms with Crippen molar-refractivity contribution in [2.45, 2.75) is 31.3 Å². The van der Waals surface area contributed by atoms with Crippen molar-refractivity contribution in [2.75, 3.05) is 19.7 Å². The number of aromatic amines is 1. The summed E-state index contributed by atoms with van der Waals surface area (Å²) in [7, 11) is -3.90. The van der Waals surface area contributed by atoms with Gasteiger partial charge in [0.05, 0.1) is 11.8 Å². The molecule has 0 amide bonds. The first-order chi connectivity index (χ1) is 9.34.